The van der Waals surface area contributed by atoms with Crippen LogP contribution in [0.2, 0.25) is 0 Å². The maximum atomic E-state index is 12.4. The minimum atomic E-state index is -1.33. The summed E-state index contributed by atoms with van der Waals surface area (Å²) in [4.78, 5) is 24.6. The van der Waals surface area contributed by atoms with E-state index in [-0.39, 0.29) is 18.6 Å². The molecule has 27 heavy (non-hydrogen) atoms. The van der Waals surface area contributed by atoms with Crippen LogP contribution >= 0.6 is 11.6 Å². The zero-order valence-corrected chi connectivity index (χ0v) is 16.5. The van der Waals surface area contributed by atoms with Crippen molar-refractivity contribution in [2.45, 2.75) is 56.8 Å². The van der Waals surface area contributed by atoms with Gasteiger partial charge in [0.15, 0.2) is 0 Å². The number of aliphatic hydroxyl groups is 2. The average Bonchev–Trinajstić information content (AvgIpc) is 2.97. The van der Waals surface area contributed by atoms with E-state index >= 15 is 0 Å². The SMILES string of the molecule is C=C1C(=O)O[C@@H]2C3C(=C(CO)C[C@@H](OC(=O)/C(C)=C\C)[C@@H]12)CC(Cl)[C@@]3(C)O. The number of alkyl halides is 1. The summed E-state index contributed by atoms with van der Waals surface area (Å²) in [6, 6.07) is 0. The third-order valence-corrected chi connectivity index (χ3v) is 6.73. The number of ether oxygens (including phenoxy) is 2. The van der Waals surface area contributed by atoms with Gasteiger partial charge in [-0.25, -0.2) is 9.59 Å². The molecule has 0 amide bonds. The molecule has 6 atom stereocenters. The Labute approximate surface area is 163 Å². The summed E-state index contributed by atoms with van der Waals surface area (Å²) in [7, 11) is 0. The summed E-state index contributed by atoms with van der Waals surface area (Å²) in [5.41, 5.74) is 0.767. The number of hydrogen-bond donors (Lipinski definition) is 2. The summed E-state index contributed by atoms with van der Waals surface area (Å²) in [6.07, 6.45) is 0.788. The molecule has 0 radical (unpaired) electrons. The van der Waals surface area contributed by atoms with Crippen LogP contribution < -0.4 is 0 Å². The van der Waals surface area contributed by atoms with E-state index in [4.69, 9.17) is 21.1 Å². The van der Waals surface area contributed by atoms with Gasteiger partial charge in [-0.1, -0.05) is 18.2 Å². The van der Waals surface area contributed by atoms with Crippen molar-refractivity contribution in [1.29, 1.82) is 0 Å². The second-order valence-electron chi connectivity index (χ2n) is 7.70. The Kier molecular flexibility index (Phi) is 5.27. The smallest absolute Gasteiger partial charge is 0.334 e. The van der Waals surface area contributed by atoms with E-state index in [0.717, 1.165) is 5.57 Å². The maximum absolute atomic E-state index is 12.4. The summed E-state index contributed by atoms with van der Waals surface area (Å²) in [6.45, 7) is 8.58. The van der Waals surface area contributed by atoms with E-state index in [1.54, 1.807) is 26.8 Å². The quantitative estimate of drug-likeness (QED) is 0.328. The highest BCUT2D eigenvalue weighted by atomic mass is 35.5. The van der Waals surface area contributed by atoms with E-state index in [1.165, 1.54) is 0 Å². The molecule has 1 heterocycles. The Morgan fingerprint density at radius 1 is 1.48 bits per heavy atom. The number of rotatable bonds is 3. The van der Waals surface area contributed by atoms with Gasteiger partial charge in [-0.05, 0) is 32.8 Å². The largest absolute Gasteiger partial charge is 0.458 e. The fourth-order valence-corrected chi connectivity index (χ4v) is 4.72. The molecule has 0 spiro atoms. The average molecular weight is 397 g/mol. The predicted molar refractivity (Wildman–Crippen MR) is 98.9 cm³/mol. The van der Waals surface area contributed by atoms with Crippen LogP contribution in [0.3, 0.4) is 0 Å². The molecule has 3 aliphatic rings. The molecular formula is C20H25ClO6. The van der Waals surface area contributed by atoms with Crippen molar-refractivity contribution in [1.82, 2.24) is 0 Å². The summed E-state index contributed by atoms with van der Waals surface area (Å²) >= 11 is 6.38. The number of hydrogen-bond acceptors (Lipinski definition) is 6. The van der Waals surface area contributed by atoms with E-state index in [2.05, 4.69) is 6.58 Å². The first kappa shape index (κ1) is 20.1. The lowest BCUT2D eigenvalue weighted by molar-refractivity contribution is -0.150. The molecule has 2 N–H and O–H groups in total. The van der Waals surface area contributed by atoms with E-state index in [9.17, 15) is 19.8 Å². The van der Waals surface area contributed by atoms with Crippen LogP contribution in [0.1, 0.15) is 33.6 Å². The van der Waals surface area contributed by atoms with Crippen LogP contribution in [0.25, 0.3) is 0 Å². The van der Waals surface area contributed by atoms with Crippen LogP contribution in [0.15, 0.2) is 34.9 Å². The molecule has 0 aromatic carbocycles. The van der Waals surface area contributed by atoms with Gasteiger partial charge in [0, 0.05) is 23.5 Å². The molecule has 6 nitrogen and oxygen atoms in total. The maximum Gasteiger partial charge on any atom is 0.334 e. The highest BCUT2D eigenvalue weighted by molar-refractivity contribution is 6.22. The van der Waals surface area contributed by atoms with Crippen LogP contribution in [0.5, 0.6) is 0 Å². The van der Waals surface area contributed by atoms with Gasteiger partial charge in [0.2, 0.25) is 0 Å². The van der Waals surface area contributed by atoms with Crippen molar-refractivity contribution in [2.75, 3.05) is 6.61 Å². The first-order valence-electron chi connectivity index (χ1n) is 9.05. The van der Waals surface area contributed by atoms with Crippen LogP contribution in [-0.4, -0.2) is 51.9 Å². The van der Waals surface area contributed by atoms with Crippen LogP contribution in [0, 0.1) is 11.8 Å². The Bertz CT molecular complexity index is 750. The highest BCUT2D eigenvalue weighted by Crippen LogP contribution is 2.54. The van der Waals surface area contributed by atoms with Crippen LogP contribution in [-0.2, 0) is 19.1 Å². The molecule has 1 aliphatic heterocycles. The van der Waals surface area contributed by atoms with Gasteiger partial charge in [-0.15, -0.1) is 11.6 Å². The molecule has 148 valence electrons. The molecule has 1 saturated heterocycles. The molecule has 0 aromatic rings. The molecule has 0 bridgehead atoms. The van der Waals surface area contributed by atoms with Gasteiger partial charge in [-0.3, -0.25) is 0 Å². The Morgan fingerprint density at radius 3 is 2.74 bits per heavy atom. The molecule has 0 aromatic heterocycles. The van der Waals surface area contributed by atoms with E-state index in [1.807, 2.05) is 0 Å². The number of aliphatic hydroxyl groups excluding tert-OH is 1. The van der Waals surface area contributed by atoms with Crippen LogP contribution in [0.4, 0.5) is 0 Å². The lowest BCUT2D eigenvalue weighted by Crippen LogP contribution is -2.46. The number of allylic oxidation sites excluding steroid dienone is 1. The lowest BCUT2D eigenvalue weighted by atomic mass is 9.78. The minimum Gasteiger partial charge on any atom is -0.458 e. The normalized spacial score (nSPS) is 39.0. The standard InChI is InChI=1S/C20H25ClO6/c1-5-9(2)18(23)26-13-6-11(8-22)12-7-14(21)20(4,25)16(12)17-15(13)10(3)19(24)27-17/h5,13-17,22,25H,3,6-8H2,1-2,4H3/b9-5-/t13-,14?,15-,16?,17+,20-/m1/s1. The molecule has 2 unspecified atom stereocenters. The molecule has 7 heteroatoms. The van der Waals surface area contributed by atoms with Gasteiger partial charge in [-0.2, -0.15) is 0 Å². The third kappa shape index (κ3) is 3.13. The zero-order valence-electron chi connectivity index (χ0n) is 15.7. The van der Waals surface area contributed by atoms with Crippen molar-refractivity contribution < 1.29 is 29.3 Å². The van der Waals surface area contributed by atoms with Gasteiger partial charge in [0.1, 0.15) is 12.2 Å². The summed E-state index contributed by atoms with van der Waals surface area (Å²) in [5.74, 6) is -2.25. The molecular weight excluding hydrogens is 372 g/mol. The Morgan fingerprint density at radius 2 is 2.15 bits per heavy atom. The zero-order chi connectivity index (χ0) is 20.1. The molecule has 2 fully saturated rings. The van der Waals surface area contributed by atoms with Gasteiger partial charge < -0.3 is 19.7 Å². The van der Waals surface area contributed by atoms with Crippen molar-refractivity contribution >= 4 is 23.5 Å². The van der Waals surface area contributed by atoms with Gasteiger partial charge in [0.25, 0.3) is 0 Å². The third-order valence-electron chi connectivity index (χ3n) is 6.14. The second-order valence-corrected chi connectivity index (χ2v) is 8.23. The number of fused-ring (bicyclic) bond motifs is 3. The molecule has 3 rings (SSSR count). The topological polar surface area (TPSA) is 93.1 Å². The fourth-order valence-electron chi connectivity index (χ4n) is 4.42. The van der Waals surface area contributed by atoms with Crippen molar-refractivity contribution in [3.63, 3.8) is 0 Å². The molecule has 1 saturated carbocycles. The minimum absolute atomic E-state index is 0.211. The number of halogens is 1. The summed E-state index contributed by atoms with van der Waals surface area (Å²) < 4.78 is 11.3. The first-order chi connectivity index (χ1) is 12.6. The van der Waals surface area contributed by atoms with Crippen molar-refractivity contribution in [3.8, 4) is 0 Å². The Balaban J connectivity index is 2.08. The van der Waals surface area contributed by atoms with Crippen molar-refractivity contribution in [2.24, 2.45) is 11.8 Å². The lowest BCUT2D eigenvalue weighted by Gasteiger charge is -2.34. The fraction of sp³-hybridized carbons (Fsp3) is 0.600. The number of carbonyl (C=O) groups is 2. The van der Waals surface area contributed by atoms with Gasteiger partial charge >= 0.3 is 11.9 Å². The number of esters is 2. The number of carbonyl (C=O) groups excluding carboxylic acids is 2. The monoisotopic (exact) mass is 396 g/mol. The Hall–Kier alpha value is -1.63. The summed E-state index contributed by atoms with van der Waals surface area (Å²) in [5, 5.41) is 20.4. The van der Waals surface area contributed by atoms with Gasteiger partial charge in [0.05, 0.1) is 23.5 Å². The van der Waals surface area contributed by atoms with E-state index in [0.29, 0.717) is 17.6 Å². The predicted octanol–water partition coefficient (Wildman–Crippen LogP) is 2.03. The van der Waals surface area contributed by atoms with E-state index < -0.39 is 47.0 Å². The van der Waals surface area contributed by atoms with Crippen molar-refractivity contribution in [3.05, 3.63) is 34.9 Å². The second kappa shape index (κ2) is 7.08. The first-order valence-corrected chi connectivity index (χ1v) is 9.48. The molecule has 2 aliphatic carbocycles. The highest BCUT2D eigenvalue weighted by Gasteiger charge is 2.60.